The minimum absolute atomic E-state index is 0.0909. The van der Waals surface area contributed by atoms with Gasteiger partial charge in [-0.05, 0) is 24.3 Å². The molecule has 1 aliphatic carbocycles. The maximum absolute atomic E-state index is 12.4. The fourth-order valence-corrected chi connectivity index (χ4v) is 3.07. The van der Waals surface area contributed by atoms with Crippen LogP contribution < -0.4 is 27.0 Å². The van der Waals surface area contributed by atoms with Crippen molar-refractivity contribution in [2.24, 2.45) is 5.41 Å². The largest absolute Gasteiger partial charge is 0.367 e. The number of nitrogens with one attached hydrogen (secondary N) is 4. The molecule has 0 aliphatic heterocycles. The number of rotatable bonds is 5. The Hall–Kier alpha value is -3.36. The molecule has 9 heteroatoms. The number of amides is 1. The van der Waals surface area contributed by atoms with Crippen LogP contribution in [0.2, 0.25) is 0 Å². The Bertz CT molecular complexity index is 1240. The third-order valence-electron chi connectivity index (χ3n) is 4.52. The molecular formula is C20H25N7O2. The number of anilines is 2. The summed E-state index contributed by atoms with van der Waals surface area (Å²) >= 11 is 0. The molecule has 4 N–H and O–H groups in total. The Labute approximate surface area is 166 Å². The lowest BCUT2D eigenvalue weighted by Crippen LogP contribution is -2.22. The van der Waals surface area contributed by atoms with Crippen LogP contribution in [0.1, 0.15) is 45.6 Å². The molecule has 0 aromatic carbocycles. The maximum atomic E-state index is 12.4. The molecule has 3 aromatic rings. The zero-order valence-corrected chi connectivity index (χ0v) is 16.8. The SMILES string of the molecule is C=c1[nH]c(=O)[nH]/c1=C\c1cnn2c(NC3CC3)cc(NC(=O)CC(C)(C)C)nc12. The van der Waals surface area contributed by atoms with E-state index in [2.05, 4.69) is 37.3 Å². The molecule has 0 bridgehead atoms. The second kappa shape index (κ2) is 6.91. The van der Waals surface area contributed by atoms with Gasteiger partial charge in [-0.1, -0.05) is 27.4 Å². The van der Waals surface area contributed by atoms with Gasteiger partial charge < -0.3 is 20.6 Å². The standard InChI is InChI=1S/C20H25N7O2/c1-11-14(24-19(29)22-11)7-12-10-21-27-16(23-13-5-6-13)8-15(26-18(12)27)25-17(28)9-20(2,3)4/h7-8,10,13,23H,1,5-6,9H2,2-4H3,(H2,22,24,29)(H,25,26,28)/b14-7-. The van der Waals surface area contributed by atoms with Gasteiger partial charge in [0.25, 0.3) is 0 Å². The summed E-state index contributed by atoms with van der Waals surface area (Å²) in [6.45, 7) is 9.87. The Kier molecular flexibility index (Phi) is 4.52. The summed E-state index contributed by atoms with van der Waals surface area (Å²) < 4.78 is 1.71. The van der Waals surface area contributed by atoms with Crippen molar-refractivity contribution in [3.63, 3.8) is 0 Å². The second-order valence-electron chi connectivity index (χ2n) is 8.68. The van der Waals surface area contributed by atoms with E-state index in [1.54, 1.807) is 22.9 Å². The maximum Gasteiger partial charge on any atom is 0.323 e. The first-order chi connectivity index (χ1) is 13.7. The molecule has 0 radical (unpaired) electrons. The van der Waals surface area contributed by atoms with E-state index < -0.39 is 0 Å². The molecule has 3 heterocycles. The average Bonchev–Trinajstić information content (AvgIpc) is 3.22. The molecule has 1 aliphatic rings. The van der Waals surface area contributed by atoms with Gasteiger partial charge in [-0.3, -0.25) is 4.79 Å². The number of aromatic nitrogens is 5. The second-order valence-corrected chi connectivity index (χ2v) is 8.68. The van der Waals surface area contributed by atoms with Gasteiger partial charge in [-0.15, -0.1) is 0 Å². The highest BCUT2D eigenvalue weighted by Crippen LogP contribution is 2.27. The number of hydrogen-bond acceptors (Lipinski definition) is 5. The predicted molar refractivity (Wildman–Crippen MR) is 112 cm³/mol. The quantitative estimate of drug-likeness (QED) is 0.512. The Morgan fingerprint density at radius 1 is 1.38 bits per heavy atom. The lowest BCUT2D eigenvalue weighted by Gasteiger charge is -2.17. The molecule has 3 aromatic heterocycles. The monoisotopic (exact) mass is 395 g/mol. The van der Waals surface area contributed by atoms with E-state index in [4.69, 9.17) is 0 Å². The number of hydrogen-bond donors (Lipinski definition) is 4. The lowest BCUT2D eigenvalue weighted by molar-refractivity contribution is -0.117. The summed E-state index contributed by atoms with van der Waals surface area (Å²) in [7, 11) is 0. The molecule has 152 valence electrons. The summed E-state index contributed by atoms with van der Waals surface area (Å²) in [4.78, 5) is 33.8. The molecule has 1 fully saturated rings. The van der Waals surface area contributed by atoms with Crippen molar-refractivity contribution in [3.05, 3.63) is 39.0 Å². The summed E-state index contributed by atoms with van der Waals surface area (Å²) in [5.74, 6) is 1.13. The fourth-order valence-electron chi connectivity index (χ4n) is 3.07. The first kappa shape index (κ1) is 19.0. The van der Waals surface area contributed by atoms with Gasteiger partial charge in [0.05, 0.1) is 16.9 Å². The van der Waals surface area contributed by atoms with E-state index in [1.807, 2.05) is 20.8 Å². The van der Waals surface area contributed by atoms with Crippen molar-refractivity contribution in [2.75, 3.05) is 10.6 Å². The van der Waals surface area contributed by atoms with Crippen LogP contribution in [0.25, 0.3) is 18.3 Å². The molecular weight excluding hydrogens is 370 g/mol. The topological polar surface area (TPSA) is 120 Å². The minimum atomic E-state index is -0.322. The van der Waals surface area contributed by atoms with Gasteiger partial charge in [-0.25, -0.2) is 9.78 Å². The highest BCUT2D eigenvalue weighted by Gasteiger charge is 2.23. The highest BCUT2D eigenvalue weighted by molar-refractivity contribution is 5.91. The van der Waals surface area contributed by atoms with Crippen LogP contribution >= 0.6 is 0 Å². The predicted octanol–water partition coefficient (Wildman–Crippen LogP) is 0.934. The van der Waals surface area contributed by atoms with E-state index in [1.165, 1.54) is 0 Å². The van der Waals surface area contributed by atoms with Gasteiger partial charge in [0.1, 0.15) is 11.6 Å². The van der Waals surface area contributed by atoms with Gasteiger partial charge in [-0.2, -0.15) is 9.61 Å². The van der Waals surface area contributed by atoms with Crippen LogP contribution in [0.5, 0.6) is 0 Å². The molecule has 0 spiro atoms. The minimum Gasteiger partial charge on any atom is -0.367 e. The zero-order chi connectivity index (χ0) is 20.8. The van der Waals surface area contributed by atoms with Crippen LogP contribution in [-0.4, -0.2) is 36.5 Å². The Morgan fingerprint density at radius 2 is 2.14 bits per heavy atom. The third kappa shape index (κ3) is 4.39. The normalized spacial score (nSPS) is 15.1. The fraction of sp³-hybridized carbons (Fsp3) is 0.400. The van der Waals surface area contributed by atoms with Crippen LogP contribution in [0.4, 0.5) is 11.6 Å². The first-order valence-corrected chi connectivity index (χ1v) is 9.62. The summed E-state index contributed by atoms with van der Waals surface area (Å²) in [6.07, 6.45) is 6.03. The van der Waals surface area contributed by atoms with Crippen molar-refractivity contribution >= 4 is 35.8 Å². The van der Waals surface area contributed by atoms with Crippen molar-refractivity contribution < 1.29 is 4.79 Å². The third-order valence-corrected chi connectivity index (χ3v) is 4.52. The van der Waals surface area contributed by atoms with E-state index in [-0.39, 0.29) is 17.0 Å². The number of carbonyl (C=O) groups is 1. The number of nitrogens with zero attached hydrogens (tertiary/aromatic N) is 3. The van der Waals surface area contributed by atoms with Crippen molar-refractivity contribution in [3.8, 4) is 0 Å². The van der Waals surface area contributed by atoms with Crippen LogP contribution in [0.3, 0.4) is 0 Å². The lowest BCUT2D eigenvalue weighted by atomic mass is 9.92. The number of H-pyrrole nitrogens is 2. The van der Waals surface area contributed by atoms with E-state index >= 15 is 0 Å². The molecule has 9 nitrogen and oxygen atoms in total. The summed E-state index contributed by atoms with van der Waals surface area (Å²) in [6, 6.07) is 2.20. The molecule has 0 unspecified atom stereocenters. The molecule has 0 atom stereocenters. The van der Waals surface area contributed by atoms with Crippen molar-refractivity contribution in [2.45, 2.75) is 46.1 Å². The molecule has 4 rings (SSSR count). The van der Waals surface area contributed by atoms with Gasteiger partial charge in [0.15, 0.2) is 5.65 Å². The number of imidazole rings is 1. The zero-order valence-electron chi connectivity index (χ0n) is 16.8. The molecule has 1 amide bonds. The first-order valence-electron chi connectivity index (χ1n) is 9.62. The highest BCUT2D eigenvalue weighted by atomic mass is 16.2. The average molecular weight is 395 g/mol. The summed E-state index contributed by atoms with van der Waals surface area (Å²) in [5, 5.41) is 11.8. The van der Waals surface area contributed by atoms with Crippen LogP contribution in [0, 0.1) is 5.41 Å². The van der Waals surface area contributed by atoms with Crippen molar-refractivity contribution in [1.29, 1.82) is 0 Å². The molecule has 29 heavy (non-hydrogen) atoms. The van der Waals surface area contributed by atoms with Crippen molar-refractivity contribution in [1.82, 2.24) is 24.6 Å². The van der Waals surface area contributed by atoms with Gasteiger partial charge >= 0.3 is 5.69 Å². The van der Waals surface area contributed by atoms with E-state index in [0.717, 1.165) is 18.7 Å². The Balaban J connectivity index is 1.77. The Morgan fingerprint density at radius 3 is 2.76 bits per heavy atom. The summed E-state index contributed by atoms with van der Waals surface area (Å²) in [5.41, 5.74) is 0.833. The van der Waals surface area contributed by atoms with Crippen LogP contribution in [-0.2, 0) is 4.79 Å². The number of carbonyl (C=O) groups excluding carboxylic acids is 1. The van der Waals surface area contributed by atoms with Crippen LogP contribution in [0.15, 0.2) is 17.1 Å². The van der Waals surface area contributed by atoms with E-state index in [0.29, 0.717) is 40.2 Å². The van der Waals surface area contributed by atoms with E-state index in [9.17, 15) is 9.59 Å². The molecule has 0 saturated heterocycles. The van der Waals surface area contributed by atoms with Gasteiger partial charge in [0.2, 0.25) is 5.91 Å². The molecule has 1 saturated carbocycles. The number of aromatic amines is 2. The smallest absolute Gasteiger partial charge is 0.323 e. The van der Waals surface area contributed by atoms with Gasteiger partial charge in [0, 0.05) is 24.1 Å². The number of fused-ring (bicyclic) bond motifs is 1.